The van der Waals surface area contributed by atoms with Crippen LogP contribution in [0.5, 0.6) is 0 Å². The lowest BCUT2D eigenvalue weighted by Gasteiger charge is -1.90. The monoisotopic (exact) mass is 166 g/mol. The zero-order valence-electron chi connectivity index (χ0n) is 5.64. The summed E-state index contributed by atoms with van der Waals surface area (Å²) >= 11 is 1.36. The Labute approximate surface area is 67.3 Å². The van der Waals surface area contributed by atoms with Gasteiger partial charge in [-0.25, -0.2) is 0 Å². The molecule has 2 aromatic heterocycles. The van der Waals surface area contributed by atoms with Gasteiger partial charge in [-0.3, -0.25) is 4.57 Å². The van der Waals surface area contributed by atoms with Crippen molar-refractivity contribution < 1.29 is 0 Å². The van der Waals surface area contributed by atoms with Crippen LogP contribution < -0.4 is 5.73 Å². The lowest BCUT2D eigenvalue weighted by atomic mass is 10.7. The SMILES string of the molecule is Nc1nnc(-n2cccc2)s1. The molecule has 0 aliphatic rings. The van der Waals surface area contributed by atoms with Crippen molar-refractivity contribution in [3.05, 3.63) is 24.5 Å². The number of hydrogen-bond donors (Lipinski definition) is 1. The Kier molecular flexibility index (Phi) is 1.36. The number of nitrogen functional groups attached to an aromatic ring is 1. The van der Waals surface area contributed by atoms with Crippen LogP contribution in [0.4, 0.5) is 5.13 Å². The Balaban J connectivity index is 2.45. The second-order valence-corrected chi connectivity index (χ2v) is 3.00. The molecule has 0 aliphatic carbocycles. The standard InChI is InChI=1S/C6H6N4S/c7-5-8-9-6(11-5)10-3-1-2-4-10/h1-4H,(H2,7,8). The molecule has 0 unspecified atom stereocenters. The molecule has 5 heteroatoms. The third-order valence-corrected chi connectivity index (χ3v) is 2.02. The van der Waals surface area contributed by atoms with Crippen LogP contribution in [0.1, 0.15) is 0 Å². The molecule has 0 amide bonds. The highest BCUT2D eigenvalue weighted by molar-refractivity contribution is 7.17. The molecule has 2 heterocycles. The maximum absolute atomic E-state index is 5.42. The molecule has 2 N–H and O–H groups in total. The third kappa shape index (κ3) is 1.10. The number of rotatable bonds is 1. The van der Waals surface area contributed by atoms with Crippen molar-refractivity contribution in [2.45, 2.75) is 0 Å². The molecule has 0 bridgehead atoms. The van der Waals surface area contributed by atoms with Crippen LogP contribution in [0.25, 0.3) is 5.13 Å². The van der Waals surface area contributed by atoms with Gasteiger partial charge in [-0.1, -0.05) is 11.3 Å². The summed E-state index contributed by atoms with van der Waals surface area (Å²) in [6.45, 7) is 0. The number of anilines is 1. The van der Waals surface area contributed by atoms with E-state index in [0.717, 1.165) is 5.13 Å². The maximum Gasteiger partial charge on any atom is 0.218 e. The molecule has 0 aliphatic heterocycles. The van der Waals surface area contributed by atoms with Crippen molar-refractivity contribution in [3.63, 3.8) is 0 Å². The minimum atomic E-state index is 0.494. The average molecular weight is 166 g/mol. The molecule has 0 radical (unpaired) electrons. The summed E-state index contributed by atoms with van der Waals surface area (Å²) in [5, 5.41) is 8.86. The van der Waals surface area contributed by atoms with Crippen molar-refractivity contribution in [1.82, 2.24) is 14.8 Å². The van der Waals surface area contributed by atoms with Gasteiger partial charge in [-0.05, 0) is 12.1 Å². The Bertz CT molecular complexity index is 337. The number of hydrogen-bond acceptors (Lipinski definition) is 4. The van der Waals surface area contributed by atoms with E-state index in [9.17, 15) is 0 Å². The van der Waals surface area contributed by atoms with Gasteiger partial charge < -0.3 is 5.73 Å². The molecule has 0 fully saturated rings. The van der Waals surface area contributed by atoms with Crippen LogP contribution in [0.2, 0.25) is 0 Å². The van der Waals surface area contributed by atoms with Crippen LogP contribution >= 0.6 is 11.3 Å². The summed E-state index contributed by atoms with van der Waals surface area (Å²) < 4.78 is 1.87. The van der Waals surface area contributed by atoms with Crippen LogP contribution in [-0.2, 0) is 0 Å². The largest absolute Gasteiger partial charge is 0.374 e. The Morgan fingerprint density at radius 1 is 1.27 bits per heavy atom. The second-order valence-electron chi connectivity index (χ2n) is 2.01. The highest BCUT2D eigenvalue weighted by atomic mass is 32.1. The summed E-state index contributed by atoms with van der Waals surface area (Å²) in [4.78, 5) is 0. The van der Waals surface area contributed by atoms with Crippen molar-refractivity contribution in [3.8, 4) is 5.13 Å². The molecule has 4 nitrogen and oxygen atoms in total. The molecule has 0 atom stereocenters. The summed E-state index contributed by atoms with van der Waals surface area (Å²) in [5.74, 6) is 0. The molecular weight excluding hydrogens is 160 g/mol. The van der Waals surface area contributed by atoms with E-state index >= 15 is 0 Å². The van der Waals surface area contributed by atoms with E-state index in [2.05, 4.69) is 10.2 Å². The number of aromatic nitrogens is 3. The van der Waals surface area contributed by atoms with Gasteiger partial charge in [0.1, 0.15) is 0 Å². The van der Waals surface area contributed by atoms with Gasteiger partial charge in [0.25, 0.3) is 0 Å². The minimum absolute atomic E-state index is 0.494. The fraction of sp³-hybridized carbons (Fsp3) is 0. The Morgan fingerprint density at radius 2 is 2.00 bits per heavy atom. The summed E-state index contributed by atoms with van der Waals surface area (Å²) in [7, 11) is 0. The Morgan fingerprint density at radius 3 is 2.55 bits per heavy atom. The first-order valence-electron chi connectivity index (χ1n) is 3.08. The van der Waals surface area contributed by atoms with Crippen molar-refractivity contribution in [2.24, 2.45) is 0 Å². The predicted octanol–water partition coefficient (Wildman–Crippen LogP) is 0.911. The molecule has 11 heavy (non-hydrogen) atoms. The zero-order valence-corrected chi connectivity index (χ0v) is 6.45. The first-order chi connectivity index (χ1) is 5.36. The van der Waals surface area contributed by atoms with E-state index in [4.69, 9.17) is 5.73 Å². The van der Waals surface area contributed by atoms with Gasteiger partial charge in [0.2, 0.25) is 10.3 Å². The topological polar surface area (TPSA) is 56.7 Å². The molecule has 0 spiro atoms. The fourth-order valence-corrected chi connectivity index (χ4v) is 1.37. The molecule has 56 valence electrons. The van der Waals surface area contributed by atoms with Crippen molar-refractivity contribution in [1.29, 1.82) is 0 Å². The van der Waals surface area contributed by atoms with Crippen LogP contribution in [-0.4, -0.2) is 14.8 Å². The van der Waals surface area contributed by atoms with Gasteiger partial charge in [0.05, 0.1) is 0 Å². The molecule has 2 rings (SSSR count). The van der Waals surface area contributed by atoms with Crippen LogP contribution in [0.3, 0.4) is 0 Å². The zero-order chi connectivity index (χ0) is 7.68. The molecular formula is C6H6N4S. The average Bonchev–Trinajstić information content (AvgIpc) is 2.55. The molecule has 2 aromatic rings. The van der Waals surface area contributed by atoms with Gasteiger partial charge in [-0.2, -0.15) is 0 Å². The highest BCUT2D eigenvalue weighted by Crippen LogP contribution is 2.15. The summed E-state index contributed by atoms with van der Waals surface area (Å²) in [6, 6.07) is 3.86. The number of nitrogens with zero attached hydrogens (tertiary/aromatic N) is 3. The van der Waals surface area contributed by atoms with E-state index in [0.29, 0.717) is 5.13 Å². The second kappa shape index (κ2) is 2.35. The Hall–Kier alpha value is -1.36. The quantitative estimate of drug-likeness (QED) is 0.685. The molecule has 0 saturated carbocycles. The molecule has 0 saturated heterocycles. The van der Waals surface area contributed by atoms with Gasteiger partial charge in [0.15, 0.2) is 0 Å². The van der Waals surface area contributed by atoms with E-state index in [-0.39, 0.29) is 0 Å². The fourth-order valence-electron chi connectivity index (χ4n) is 0.793. The van der Waals surface area contributed by atoms with E-state index < -0.39 is 0 Å². The summed E-state index contributed by atoms with van der Waals surface area (Å²) in [5.41, 5.74) is 5.42. The lowest BCUT2D eigenvalue weighted by molar-refractivity contribution is 0.977. The van der Waals surface area contributed by atoms with Gasteiger partial charge >= 0.3 is 0 Å². The van der Waals surface area contributed by atoms with Gasteiger partial charge in [-0.15, -0.1) is 10.2 Å². The lowest BCUT2D eigenvalue weighted by Crippen LogP contribution is -1.86. The van der Waals surface area contributed by atoms with Crippen molar-refractivity contribution in [2.75, 3.05) is 5.73 Å². The normalized spacial score (nSPS) is 10.2. The smallest absolute Gasteiger partial charge is 0.218 e. The van der Waals surface area contributed by atoms with Crippen LogP contribution in [0.15, 0.2) is 24.5 Å². The van der Waals surface area contributed by atoms with E-state index in [1.165, 1.54) is 11.3 Å². The molecule has 0 aromatic carbocycles. The van der Waals surface area contributed by atoms with E-state index in [1.54, 1.807) is 0 Å². The maximum atomic E-state index is 5.42. The van der Waals surface area contributed by atoms with Crippen molar-refractivity contribution >= 4 is 16.5 Å². The predicted molar refractivity (Wildman–Crippen MR) is 43.6 cm³/mol. The third-order valence-electron chi connectivity index (χ3n) is 1.26. The van der Waals surface area contributed by atoms with Crippen LogP contribution in [0, 0.1) is 0 Å². The van der Waals surface area contributed by atoms with Gasteiger partial charge in [0, 0.05) is 12.4 Å². The first-order valence-corrected chi connectivity index (χ1v) is 3.90. The number of nitrogens with two attached hydrogens (primary N) is 1. The van der Waals surface area contributed by atoms with E-state index in [1.807, 2.05) is 29.1 Å². The highest BCUT2D eigenvalue weighted by Gasteiger charge is 1.99. The summed E-state index contributed by atoms with van der Waals surface area (Å²) in [6.07, 6.45) is 3.81. The minimum Gasteiger partial charge on any atom is -0.374 e. The first kappa shape index (κ1) is 6.36.